The quantitative estimate of drug-likeness (QED) is 0.340. The molecular formula is C24H25ClIN3O4. The Morgan fingerprint density at radius 3 is 2.52 bits per heavy atom. The Morgan fingerprint density at radius 1 is 1.21 bits per heavy atom. The van der Waals surface area contributed by atoms with Crippen LogP contribution in [0.15, 0.2) is 42.5 Å². The molecule has 1 saturated carbocycles. The Morgan fingerprint density at radius 2 is 1.91 bits per heavy atom. The molecule has 2 fully saturated rings. The maximum atomic E-state index is 13.2. The van der Waals surface area contributed by atoms with Crippen LogP contribution >= 0.6 is 34.2 Å². The maximum Gasteiger partial charge on any atom is 0.325 e. The number of halogens is 2. The molecule has 0 radical (unpaired) electrons. The van der Waals surface area contributed by atoms with Gasteiger partial charge in [0.1, 0.15) is 17.8 Å². The van der Waals surface area contributed by atoms with Gasteiger partial charge in [0.15, 0.2) is 0 Å². The highest BCUT2D eigenvalue weighted by molar-refractivity contribution is 14.1. The van der Waals surface area contributed by atoms with Crippen LogP contribution in [-0.4, -0.2) is 35.4 Å². The van der Waals surface area contributed by atoms with Crippen molar-refractivity contribution < 1.29 is 19.1 Å². The van der Waals surface area contributed by atoms with Crippen LogP contribution in [0.3, 0.4) is 0 Å². The van der Waals surface area contributed by atoms with E-state index >= 15 is 0 Å². The Labute approximate surface area is 211 Å². The monoisotopic (exact) mass is 581 g/mol. The number of imide groups is 1. The molecule has 1 saturated heterocycles. The summed E-state index contributed by atoms with van der Waals surface area (Å²) >= 11 is 8.37. The van der Waals surface area contributed by atoms with Crippen LogP contribution in [0, 0.1) is 15.4 Å². The molecule has 2 aromatic carbocycles. The van der Waals surface area contributed by atoms with Crippen LogP contribution in [0.25, 0.3) is 0 Å². The Kier molecular flexibility index (Phi) is 7.13. The second-order valence-electron chi connectivity index (χ2n) is 8.72. The molecule has 1 unspecified atom stereocenters. The highest BCUT2D eigenvalue weighted by Gasteiger charge is 2.46. The number of rotatable bonds is 8. The summed E-state index contributed by atoms with van der Waals surface area (Å²) in [6, 6.07) is 9.93. The molecular weight excluding hydrogens is 557 g/mol. The minimum Gasteiger partial charge on any atom is -0.493 e. The first-order chi connectivity index (χ1) is 15.7. The van der Waals surface area contributed by atoms with Gasteiger partial charge in [0.25, 0.3) is 5.91 Å². The Bertz CT molecular complexity index is 1070. The smallest absolute Gasteiger partial charge is 0.325 e. The number of amides is 4. The van der Waals surface area contributed by atoms with E-state index in [1.165, 1.54) is 12.8 Å². The van der Waals surface area contributed by atoms with E-state index in [0.717, 1.165) is 14.2 Å². The Hall–Kier alpha value is -2.33. The van der Waals surface area contributed by atoms with E-state index in [9.17, 15) is 14.4 Å². The standard InChI is InChI=1S/C24H25ClIN3O4/c1-13(2)21(22(30)27-19-10-7-16(26)11-18(19)25)29-23(31)20(28-24(29)32)15-5-8-17(9-6-15)33-12-14-3-4-14/h5-11,13-14,20-21H,3-4,12H2,1-2H3,(H,27,30)(H,28,32)/t20-,21?/m1/s1. The number of carbonyl (C=O) groups is 3. The van der Waals surface area contributed by atoms with E-state index in [1.807, 2.05) is 6.07 Å². The first-order valence-electron chi connectivity index (χ1n) is 10.9. The van der Waals surface area contributed by atoms with E-state index in [1.54, 1.807) is 50.2 Å². The lowest BCUT2D eigenvalue weighted by molar-refractivity contribution is -0.135. The largest absolute Gasteiger partial charge is 0.493 e. The van der Waals surface area contributed by atoms with Gasteiger partial charge >= 0.3 is 6.03 Å². The van der Waals surface area contributed by atoms with Crippen molar-refractivity contribution in [2.45, 2.75) is 38.8 Å². The number of nitrogens with one attached hydrogen (secondary N) is 2. The third-order valence-electron chi connectivity index (χ3n) is 5.73. The van der Waals surface area contributed by atoms with Crippen molar-refractivity contribution in [2.75, 3.05) is 11.9 Å². The molecule has 2 aromatic rings. The number of hydrogen-bond acceptors (Lipinski definition) is 4. The predicted molar refractivity (Wildman–Crippen MR) is 134 cm³/mol. The second-order valence-corrected chi connectivity index (χ2v) is 10.4. The van der Waals surface area contributed by atoms with Gasteiger partial charge in [0.05, 0.1) is 17.3 Å². The van der Waals surface area contributed by atoms with Crippen LogP contribution in [0.2, 0.25) is 5.02 Å². The van der Waals surface area contributed by atoms with Gasteiger partial charge in [0, 0.05) is 3.57 Å². The molecule has 1 aliphatic heterocycles. The van der Waals surface area contributed by atoms with Crippen molar-refractivity contribution >= 4 is 57.7 Å². The molecule has 0 bridgehead atoms. The fourth-order valence-corrected chi connectivity index (χ4v) is 4.66. The number of ether oxygens (including phenoxy) is 1. The Balaban J connectivity index is 1.49. The van der Waals surface area contributed by atoms with E-state index in [2.05, 4.69) is 33.2 Å². The minimum atomic E-state index is -0.987. The van der Waals surface area contributed by atoms with Gasteiger partial charge in [0.2, 0.25) is 5.91 Å². The molecule has 2 atom stereocenters. The molecule has 4 amide bonds. The summed E-state index contributed by atoms with van der Waals surface area (Å²) in [5.41, 5.74) is 1.07. The van der Waals surface area contributed by atoms with Gasteiger partial charge in [-0.15, -0.1) is 0 Å². The van der Waals surface area contributed by atoms with E-state index in [0.29, 0.717) is 28.8 Å². The number of hydrogen-bond donors (Lipinski definition) is 2. The first kappa shape index (κ1) is 23.8. The van der Waals surface area contributed by atoms with Crippen molar-refractivity contribution in [2.24, 2.45) is 11.8 Å². The number of carbonyl (C=O) groups excluding carboxylic acids is 3. The van der Waals surface area contributed by atoms with Gasteiger partial charge in [-0.2, -0.15) is 0 Å². The average Bonchev–Trinajstić information content (AvgIpc) is 3.55. The van der Waals surface area contributed by atoms with Gasteiger partial charge in [-0.05, 0) is 83.2 Å². The molecule has 174 valence electrons. The number of nitrogens with zero attached hydrogens (tertiary/aromatic N) is 1. The SMILES string of the molecule is CC(C)C(C(=O)Nc1ccc(I)cc1Cl)N1C(=O)N[C@H](c2ccc(OCC3CC3)cc2)C1=O. The summed E-state index contributed by atoms with van der Waals surface area (Å²) in [6.45, 7) is 4.28. The van der Waals surface area contributed by atoms with Crippen molar-refractivity contribution in [3.8, 4) is 5.75 Å². The van der Waals surface area contributed by atoms with Crippen LogP contribution in [-0.2, 0) is 9.59 Å². The number of anilines is 1. The van der Waals surface area contributed by atoms with Crippen molar-refractivity contribution in [3.05, 3.63) is 56.6 Å². The average molecular weight is 582 g/mol. The minimum absolute atomic E-state index is 0.306. The lowest BCUT2D eigenvalue weighted by atomic mass is 10.0. The third kappa shape index (κ3) is 5.43. The lowest BCUT2D eigenvalue weighted by Crippen LogP contribution is -2.50. The maximum absolute atomic E-state index is 13.2. The van der Waals surface area contributed by atoms with Crippen LogP contribution < -0.4 is 15.4 Å². The van der Waals surface area contributed by atoms with Crippen LogP contribution in [0.4, 0.5) is 10.5 Å². The zero-order valence-corrected chi connectivity index (χ0v) is 21.2. The molecule has 9 heteroatoms. The summed E-state index contributed by atoms with van der Waals surface area (Å²) in [4.78, 5) is 40.2. The van der Waals surface area contributed by atoms with Crippen molar-refractivity contribution in [1.29, 1.82) is 0 Å². The zero-order valence-electron chi connectivity index (χ0n) is 18.3. The number of benzene rings is 2. The molecule has 7 nitrogen and oxygen atoms in total. The van der Waals surface area contributed by atoms with Gasteiger partial charge in [-0.25, -0.2) is 9.69 Å². The molecule has 1 aliphatic carbocycles. The van der Waals surface area contributed by atoms with Crippen molar-refractivity contribution in [1.82, 2.24) is 10.2 Å². The molecule has 4 rings (SSSR count). The van der Waals surface area contributed by atoms with E-state index < -0.39 is 29.9 Å². The zero-order chi connectivity index (χ0) is 23.7. The molecule has 33 heavy (non-hydrogen) atoms. The highest BCUT2D eigenvalue weighted by Crippen LogP contribution is 2.31. The van der Waals surface area contributed by atoms with Crippen LogP contribution in [0.5, 0.6) is 5.75 Å². The lowest BCUT2D eigenvalue weighted by Gasteiger charge is -2.27. The fourth-order valence-electron chi connectivity index (χ4n) is 3.75. The summed E-state index contributed by atoms with van der Waals surface area (Å²) in [5, 5.41) is 5.86. The molecule has 2 aliphatic rings. The number of urea groups is 1. The molecule has 0 aromatic heterocycles. The second kappa shape index (κ2) is 9.89. The summed E-state index contributed by atoms with van der Waals surface area (Å²) in [5.74, 6) is 0.130. The van der Waals surface area contributed by atoms with E-state index in [4.69, 9.17) is 16.3 Å². The molecule has 2 N–H and O–H groups in total. The van der Waals surface area contributed by atoms with Gasteiger partial charge < -0.3 is 15.4 Å². The van der Waals surface area contributed by atoms with Gasteiger partial charge in [-0.3, -0.25) is 9.59 Å². The summed E-state index contributed by atoms with van der Waals surface area (Å²) in [7, 11) is 0. The predicted octanol–water partition coefficient (Wildman–Crippen LogP) is 4.99. The van der Waals surface area contributed by atoms with E-state index in [-0.39, 0.29) is 5.92 Å². The normalized spacial score (nSPS) is 18.9. The summed E-state index contributed by atoms with van der Waals surface area (Å²) < 4.78 is 6.67. The van der Waals surface area contributed by atoms with Crippen molar-refractivity contribution in [3.63, 3.8) is 0 Å². The highest BCUT2D eigenvalue weighted by atomic mass is 127. The van der Waals surface area contributed by atoms with Crippen LogP contribution in [0.1, 0.15) is 38.3 Å². The van der Waals surface area contributed by atoms with Gasteiger partial charge in [-0.1, -0.05) is 37.6 Å². The topological polar surface area (TPSA) is 87.7 Å². The molecule has 1 heterocycles. The molecule has 0 spiro atoms. The fraction of sp³-hybridized carbons (Fsp3) is 0.375. The first-order valence-corrected chi connectivity index (χ1v) is 12.3. The third-order valence-corrected chi connectivity index (χ3v) is 6.72. The summed E-state index contributed by atoms with van der Waals surface area (Å²) in [6.07, 6.45) is 2.41.